The van der Waals surface area contributed by atoms with Crippen LogP contribution in [0.4, 0.5) is 0 Å². The summed E-state index contributed by atoms with van der Waals surface area (Å²) in [5.74, 6) is -1.03. The number of carboxylic acids is 1. The molecule has 1 aromatic heterocycles. The molecule has 1 atom stereocenters. The monoisotopic (exact) mass is 348 g/mol. The third-order valence-corrected chi connectivity index (χ3v) is 3.34. The standard InChI is InChI=1S/C16H20N4O5/c1-10-14(15(21)17-11(2)16(22)23)19-20(18-10)12-4-6-13(7-5-12)25-9-8-24-3/h4-7,11H,8-9H2,1-3H3,(H,17,21)(H,22,23)/t11-/m0/s1. The fourth-order valence-corrected chi connectivity index (χ4v) is 1.95. The van der Waals surface area contributed by atoms with Gasteiger partial charge in [0, 0.05) is 7.11 Å². The molecule has 1 heterocycles. The van der Waals surface area contributed by atoms with Crippen molar-refractivity contribution in [2.45, 2.75) is 19.9 Å². The number of aromatic nitrogens is 3. The lowest BCUT2D eigenvalue weighted by Gasteiger charge is -2.07. The molecule has 0 bridgehead atoms. The molecule has 9 heteroatoms. The fraction of sp³-hybridized carbons (Fsp3) is 0.375. The zero-order valence-corrected chi connectivity index (χ0v) is 14.2. The van der Waals surface area contributed by atoms with Crippen molar-refractivity contribution in [1.82, 2.24) is 20.3 Å². The van der Waals surface area contributed by atoms with E-state index >= 15 is 0 Å². The quantitative estimate of drug-likeness (QED) is 0.678. The second-order valence-electron chi connectivity index (χ2n) is 5.29. The highest BCUT2D eigenvalue weighted by Crippen LogP contribution is 2.15. The van der Waals surface area contributed by atoms with Crippen molar-refractivity contribution in [1.29, 1.82) is 0 Å². The molecule has 0 fully saturated rings. The number of benzene rings is 1. The third kappa shape index (κ3) is 4.77. The van der Waals surface area contributed by atoms with Gasteiger partial charge < -0.3 is 19.9 Å². The molecule has 0 saturated carbocycles. The van der Waals surface area contributed by atoms with E-state index in [0.717, 1.165) is 0 Å². The molecule has 0 aliphatic rings. The Labute approximate surface area is 144 Å². The van der Waals surface area contributed by atoms with Crippen LogP contribution in [0.1, 0.15) is 23.1 Å². The first-order valence-electron chi connectivity index (χ1n) is 7.62. The Bertz CT molecular complexity index is 741. The number of ether oxygens (including phenoxy) is 2. The van der Waals surface area contributed by atoms with Crippen molar-refractivity contribution in [3.8, 4) is 11.4 Å². The Morgan fingerprint density at radius 1 is 1.24 bits per heavy atom. The zero-order valence-electron chi connectivity index (χ0n) is 14.2. The number of carboxylic acid groups (broad SMARTS) is 1. The van der Waals surface area contributed by atoms with E-state index in [1.807, 2.05) is 0 Å². The summed E-state index contributed by atoms with van der Waals surface area (Å²) in [6.07, 6.45) is 0. The van der Waals surface area contributed by atoms with Crippen LogP contribution in [0.5, 0.6) is 5.75 Å². The lowest BCUT2D eigenvalue weighted by atomic mass is 10.3. The molecule has 2 aromatic rings. The first kappa shape index (κ1) is 18.4. The van der Waals surface area contributed by atoms with Crippen molar-refractivity contribution in [3.63, 3.8) is 0 Å². The lowest BCUT2D eigenvalue weighted by molar-refractivity contribution is -0.138. The second kappa shape index (κ2) is 8.25. The van der Waals surface area contributed by atoms with Gasteiger partial charge >= 0.3 is 5.97 Å². The van der Waals surface area contributed by atoms with Crippen molar-refractivity contribution >= 4 is 11.9 Å². The topological polar surface area (TPSA) is 116 Å². The highest BCUT2D eigenvalue weighted by Gasteiger charge is 2.20. The molecule has 1 amide bonds. The predicted molar refractivity (Wildman–Crippen MR) is 88.0 cm³/mol. The number of aryl methyl sites for hydroxylation is 1. The van der Waals surface area contributed by atoms with Crippen LogP contribution in [0.3, 0.4) is 0 Å². The van der Waals surface area contributed by atoms with Gasteiger partial charge in [-0.2, -0.15) is 9.90 Å². The molecule has 0 saturated heterocycles. The zero-order chi connectivity index (χ0) is 18.4. The summed E-state index contributed by atoms with van der Waals surface area (Å²) < 4.78 is 10.4. The predicted octanol–water partition coefficient (Wildman–Crippen LogP) is 0.804. The average molecular weight is 348 g/mol. The van der Waals surface area contributed by atoms with Gasteiger partial charge in [0.2, 0.25) is 0 Å². The summed E-state index contributed by atoms with van der Waals surface area (Å²) in [5, 5.41) is 19.5. The van der Waals surface area contributed by atoms with Crippen LogP contribution in [0.2, 0.25) is 0 Å². The molecule has 0 aliphatic carbocycles. The van der Waals surface area contributed by atoms with Crippen LogP contribution < -0.4 is 10.1 Å². The Kier molecular flexibility index (Phi) is 6.07. The number of nitrogens with zero attached hydrogens (tertiary/aromatic N) is 3. The van der Waals surface area contributed by atoms with Crippen molar-refractivity contribution < 1.29 is 24.2 Å². The lowest BCUT2D eigenvalue weighted by Crippen LogP contribution is -2.38. The number of amides is 1. The minimum atomic E-state index is -1.12. The first-order valence-corrected chi connectivity index (χ1v) is 7.62. The number of methoxy groups -OCH3 is 1. The number of carbonyl (C=O) groups is 2. The summed E-state index contributed by atoms with van der Waals surface area (Å²) in [6.45, 7) is 3.95. The molecule has 134 valence electrons. The number of hydrogen-bond acceptors (Lipinski definition) is 6. The number of carbonyl (C=O) groups excluding carboxylic acids is 1. The van der Waals surface area contributed by atoms with Gasteiger partial charge in [-0.15, -0.1) is 5.10 Å². The van der Waals surface area contributed by atoms with Crippen molar-refractivity contribution in [2.24, 2.45) is 0 Å². The van der Waals surface area contributed by atoms with Crippen molar-refractivity contribution in [2.75, 3.05) is 20.3 Å². The highest BCUT2D eigenvalue weighted by atomic mass is 16.5. The molecule has 2 rings (SSSR count). The smallest absolute Gasteiger partial charge is 0.325 e. The molecule has 0 spiro atoms. The molecule has 0 radical (unpaired) electrons. The van der Waals surface area contributed by atoms with E-state index in [1.54, 1.807) is 38.3 Å². The van der Waals surface area contributed by atoms with Crippen LogP contribution >= 0.6 is 0 Å². The second-order valence-corrected chi connectivity index (χ2v) is 5.29. The normalized spacial score (nSPS) is 11.8. The maximum absolute atomic E-state index is 12.1. The van der Waals surface area contributed by atoms with E-state index < -0.39 is 17.9 Å². The average Bonchev–Trinajstić information content (AvgIpc) is 2.97. The van der Waals surface area contributed by atoms with Gasteiger partial charge in [-0.25, -0.2) is 0 Å². The van der Waals surface area contributed by atoms with E-state index in [9.17, 15) is 9.59 Å². The van der Waals surface area contributed by atoms with Crippen LogP contribution in [-0.2, 0) is 9.53 Å². The van der Waals surface area contributed by atoms with Crippen molar-refractivity contribution in [3.05, 3.63) is 35.7 Å². The minimum absolute atomic E-state index is 0.0773. The first-order chi connectivity index (χ1) is 11.9. The van der Waals surface area contributed by atoms with Gasteiger partial charge in [0.15, 0.2) is 5.69 Å². The van der Waals surface area contributed by atoms with Gasteiger partial charge in [-0.05, 0) is 38.1 Å². The summed E-state index contributed by atoms with van der Waals surface area (Å²) in [4.78, 5) is 24.2. The van der Waals surface area contributed by atoms with Gasteiger partial charge in [0.1, 0.15) is 18.4 Å². The SMILES string of the molecule is COCCOc1ccc(-n2nc(C)c(C(=O)N[C@@H](C)C(=O)O)n2)cc1. The number of rotatable bonds is 8. The Morgan fingerprint density at radius 2 is 1.92 bits per heavy atom. The Balaban J connectivity index is 2.11. The fourth-order valence-electron chi connectivity index (χ4n) is 1.95. The number of aliphatic carboxylic acids is 1. The summed E-state index contributed by atoms with van der Waals surface area (Å²) in [6, 6.07) is 6.01. The van der Waals surface area contributed by atoms with Gasteiger partial charge in [0.25, 0.3) is 5.91 Å². The van der Waals surface area contributed by atoms with Gasteiger partial charge in [-0.3, -0.25) is 9.59 Å². The van der Waals surface area contributed by atoms with Crippen LogP contribution in [0, 0.1) is 6.92 Å². The van der Waals surface area contributed by atoms with E-state index in [0.29, 0.717) is 30.3 Å². The highest BCUT2D eigenvalue weighted by molar-refractivity contribution is 5.95. The molecule has 2 N–H and O–H groups in total. The summed E-state index contributed by atoms with van der Waals surface area (Å²) in [7, 11) is 1.60. The van der Waals surface area contributed by atoms with Gasteiger partial charge in [0.05, 0.1) is 18.0 Å². The van der Waals surface area contributed by atoms with E-state index in [-0.39, 0.29) is 5.69 Å². The maximum atomic E-state index is 12.1. The van der Waals surface area contributed by atoms with E-state index in [4.69, 9.17) is 14.6 Å². The van der Waals surface area contributed by atoms with Gasteiger partial charge in [-0.1, -0.05) is 0 Å². The van der Waals surface area contributed by atoms with Crippen LogP contribution in [-0.4, -0.2) is 58.3 Å². The summed E-state index contributed by atoms with van der Waals surface area (Å²) in [5.41, 5.74) is 1.12. The third-order valence-electron chi connectivity index (χ3n) is 3.34. The molecule has 1 aromatic carbocycles. The molecule has 9 nitrogen and oxygen atoms in total. The number of nitrogens with one attached hydrogen (secondary N) is 1. The molecular formula is C16H20N4O5. The minimum Gasteiger partial charge on any atom is -0.491 e. The largest absolute Gasteiger partial charge is 0.491 e. The Hall–Kier alpha value is -2.94. The molecule has 0 unspecified atom stereocenters. The molecule has 0 aliphatic heterocycles. The van der Waals surface area contributed by atoms with E-state index in [1.165, 1.54) is 11.7 Å². The Morgan fingerprint density at radius 3 is 2.52 bits per heavy atom. The molecule has 25 heavy (non-hydrogen) atoms. The van der Waals surface area contributed by atoms with E-state index in [2.05, 4.69) is 15.5 Å². The molecular weight excluding hydrogens is 328 g/mol. The summed E-state index contributed by atoms with van der Waals surface area (Å²) >= 11 is 0. The van der Waals surface area contributed by atoms with Crippen LogP contribution in [0.15, 0.2) is 24.3 Å². The maximum Gasteiger partial charge on any atom is 0.325 e. The van der Waals surface area contributed by atoms with Crippen LogP contribution in [0.25, 0.3) is 5.69 Å². The number of hydrogen-bond donors (Lipinski definition) is 2.